The molecule has 1 heterocycles. The predicted molar refractivity (Wildman–Crippen MR) is 77.5 cm³/mol. The highest BCUT2D eigenvalue weighted by Crippen LogP contribution is 2.26. The summed E-state index contributed by atoms with van der Waals surface area (Å²) in [5.74, 6) is -1.90. The molecule has 4 nitrogen and oxygen atoms in total. The van der Waals surface area contributed by atoms with Gasteiger partial charge >= 0.3 is 11.9 Å². The van der Waals surface area contributed by atoms with E-state index in [-0.39, 0.29) is 12.4 Å². The highest BCUT2D eigenvalue weighted by molar-refractivity contribution is 5.82. The van der Waals surface area contributed by atoms with Crippen LogP contribution in [0, 0.1) is 5.92 Å². The minimum atomic E-state index is -0.906. The molecule has 2 atom stereocenters. The Hall–Kier alpha value is -1.06. The highest BCUT2D eigenvalue weighted by Gasteiger charge is 2.39. The first-order valence-corrected chi connectivity index (χ1v) is 8.07. The molecule has 0 saturated carbocycles. The Balaban J connectivity index is 2.00. The van der Waals surface area contributed by atoms with Crippen molar-refractivity contribution >= 4 is 11.9 Å². The second-order valence-electron chi connectivity index (χ2n) is 5.79. The van der Waals surface area contributed by atoms with Crippen molar-refractivity contribution in [3.63, 3.8) is 0 Å². The number of carbonyl (C=O) groups is 2. The molecule has 0 amide bonds. The lowest BCUT2D eigenvalue weighted by Crippen LogP contribution is -2.23. The minimum Gasteiger partial charge on any atom is -0.481 e. The standard InChI is InChI=1S/C16H28O4/c1-2-3-4-5-6-7-8-9-10-11-14-13(16(18)19)12-15(17)20-14/h13-14H,2-12H2,1H3,(H,18,19)/t13-,14+/m0/s1. The molecule has 1 fully saturated rings. The molecular weight excluding hydrogens is 256 g/mol. The summed E-state index contributed by atoms with van der Waals surface area (Å²) in [7, 11) is 0. The Kier molecular flexibility index (Phi) is 8.31. The van der Waals surface area contributed by atoms with E-state index in [0.717, 1.165) is 12.8 Å². The van der Waals surface area contributed by atoms with E-state index in [1.54, 1.807) is 0 Å². The molecule has 0 spiro atoms. The number of carbonyl (C=O) groups excluding carboxylic acids is 1. The van der Waals surface area contributed by atoms with Gasteiger partial charge in [0.25, 0.3) is 0 Å². The topological polar surface area (TPSA) is 63.6 Å². The van der Waals surface area contributed by atoms with Crippen molar-refractivity contribution in [3.8, 4) is 0 Å². The van der Waals surface area contributed by atoms with Gasteiger partial charge in [-0.3, -0.25) is 9.59 Å². The molecule has 4 heteroatoms. The second-order valence-corrected chi connectivity index (χ2v) is 5.79. The van der Waals surface area contributed by atoms with Crippen molar-refractivity contribution in [2.75, 3.05) is 0 Å². The Morgan fingerprint density at radius 2 is 1.65 bits per heavy atom. The maximum Gasteiger partial charge on any atom is 0.310 e. The van der Waals surface area contributed by atoms with Crippen LogP contribution in [0.5, 0.6) is 0 Å². The average Bonchev–Trinajstić information content (AvgIpc) is 2.78. The molecule has 0 aliphatic carbocycles. The van der Waals surface area contributed by atoms with Gasteiger partial charge in [-0.25, -0.2) is 0 Å². The maximum atomic E-state index is 11.1. The third-order valence-electron chi connectivity index (χ3n) is 4.03. The van der Waals surface area contributed by atoms with Crippen LogP contribution in [0.15, 0.2) is 0 Å². The van der Waals surface area contributed by atoms with Gasteiger partial charge in [-0.05, 0) is 12.8 Å². The van der Waals surface area contributed by atoms with E-state index in [0.29, 0.717) is 6.42 Å². The van der Waals surface area contributed by atoms with Crippen molar-refractivity contribution in [3.05, 3.63) is 0 Å². The smallest absolute Gasteiger partial charge is 0.310 e. The van der Waals surface area contributed by atoms with Gasteiger partial charge in [0.2, 0.25) is 0 Å². The summed E-state index contributed by atoms with van der Waals surface area (Å²) in [6.45, 7) is 2.22. The number of rotatable bonds is 11. The molecule has 0 bridgehead atoms. The Bertz CT molecular complexity index is 301. The van der Waals surface area contributed by atoms with Crippen LogP contribution in [-0.2, 0) is 14.3 Å². The number of carboxylic acid groups (broad SMARTS) is 1. The van der Waals surface area contributed by atoms with E-state index < -0.39 is 18.0 Å². The number of ether oxygens (including phenoxy) is 1. The summed E-state index contributed by atoms with van der Waals surface area (Å²) >= 11 is 0. The van der Waals surface area contributed by atoms with Gasteiger partial charge < -0.3 is 9.84 Å². The van der Waals surface area contributed by atoms with E-state index in [1.165, 1.54) is 44.9 Å². The van der Waals surface area contributed by atoms with Gasteiger partial charge in [0, 0.05) is 0 Å². The van der Waals surface area contributed by atoms with Gasteiger partial charge in [0.15, 0.2) is 0 Å². The van der Waals surface area contributed by atoms with Gasteiger partial charge in [-0.15, -0.1) is 0 Å². The zero-order valence-corrected chi connectivity index (χ0v) is 12.6. The van der Waals surface area contributed by atoms with Gasteiger partial charge in [-0.1, -0.05) is 58.3 Å². The number of esters is 1. The van der Waals surface area contributed by atoms with Crippen LogP contribution in [0.4, 0.5) is 0 Å². The number of hydrogen-bond donors (Lipinski definition) is 1. The number of carboxylic acids is 1. The van der Waals surface area contributed by atoms with Crippen LogP contribution >= 0.6 is 0 Å². The third-order valence-corrected chi connectivity index (χ3v) is 4.03. The summed E-state index contributed by atoms with van der Waals surface area (Å²) in [6, 6.07) is 0. The molecule has 1 aliphatic heterocycles. The molecular formula is C16H28O4. The number of unbranched alkanes of at least 4 members (excludes halogenated alkanes) is 8. The lowest BCUT2D eigenvalue weighted by molar-refractivity contribution is -0.144. The number of cyclic esters (lactones) is 1. The van der Waals surface area contributed by atoms with Crippen molar-refractivity contribution in [2.24, 2.45) is 5.92 Å². The molecule has 20 heavy (non-hydrogen) atoms. The van der Waals surface area contributed by atoms with E-state index in [9.17, 15) is 9.59 Å². The summed E-state index contributed by atoms with van der Waals surface area (Å²) in [4.78, 5) is 22.1. The fourth-order valence-corrected chi connectivity index (χ4v) is 2.77. The van der Waals surface area contributed by atoms with Crippen LogP contribution in [0.25, 0.3) is 0 Å². The lowest BCUT2D eigenvalue weighted by atomic mass is 9.96. The van der Waals surface area contributed by atoms with E-state index in [4.69, 9.17) is 9.84 Å². The molecule has 116 valence electrons. The van der Waals surface area contributed by atoms with Gasteiger partial charge in [0.1, 0.15) is 12.0 Å². The van der Waals surface area contributed by atoms with E-state index >= 15 is 0 Å². The Morgan fingerprint density at radius 1 is 1.10 bits per heavy atom. The zero-order chi connectivity index (χ0) is 14.8. The van der Waals surface area contributed by atoms with Crippen molar-refractivity contribution in [1.82, 2.24) is 0 Å². The SMILES string of the molecule is CCCCCCCCCCC[C@H]1OC(=O)C[C@@H]1C(=O)O. The molecule has 1 N–H and O–H groups in total. The molecule has 0 aromatic heterocycles. The summed E-state index contributed by atoms with van der Waals surface area (Å²) in [5.41, 5.74) is 0. The van der Waals surface area contributed by atoms with Crippen molar-refractivity contribution in [2.45, 2.75) is 83.7 Å². The zero-order valence-electron chi connectivity index (χ0n) is 12.6. The van der Waals surface area contributed by atoms with E-state index in [1.807, 2.05) is 0 Å². The fourth-order valence-electron chi connectivity index (χ4n) is 2.77. The largest absolute Gasteiger partial charge is 0.481 e. The van der Waals surface area contributed by atoms with Crippen LogP contribution in [-0.4, -0.2) is 23.1 Å². The molecule has 0 unspecified atom stereocenters. The Morgan fingerprint density at radius 3 is 2.20 bits per heavy atom. The fraction of sp³-hybridized carbons (Fsp3) is 0.875. The minimum absolute atomic E-state index is 0.0391. The van der Waals surface area contributed by atoms with Crippen molar-refractivity contribution < 1.29 is 19.4 Å². The van der Waals surface area contributed by atoms with Crippen LogP contribution in [0.1, 0.15) is 77.6 Å². The first kappa shape index (κ1) is 17.0. The normalized spacial score (nSPS) is 21.9. The monoisotopic (exact) mass is 284 g/mol. The first-order valence-electron chi connectivity index (χ1n) is 8.07. The molecule has 0 aromatic rings. The predicted octanol–water partition coefficient (Wildman–Crippen LogP) is 3.92. The first-order chi connectivity index (χ1) is 9.65. The molecule has 1 aliphatic rings. The number of hydrogen-bond acceptors (Lipinski definition) is 3. The van der Waals surface area contributed by atoms with Crippen LogP contribution in [0.3, 0.4) is 0 Å². The van der Waals surface area contributed by atoms with Crippen LogP contribution < -0.4 is 0 Å². The maximum absolute atomic E-state index is 11.1. The number of aliphatic carboxylic acids is 1. The van der Waals surface area contributed by atoms with Crippen LogP contribution in [0.2, 0.25) is 0 Å². The summed E-state index contributed by atoms with van der Waals surface area (Å²) < 4.78 is 5.09. The second kappa shape index (κ2) is 9.78. The van der Waals surface area contributed by atoms with Crippen molar-refractivity contribution in [1.29, 1.82) is 0 Å². The molecule has 0 radical (unpaired) electrons. The van der Waals surface area contributed by atoms with Gasteiger partial charge in [-0.2, -0.15) is 0 Å². The Labute approximate surface area is 121 Å². The van der Waals surface area contributed by atoms with E-state index in [2.05, 4.69) is 6.92 Å². The molecule has 1 saturated heterocycles. The quantitative estimate of drug-likeness (QED) is 0.461. The summed E-state index contributed by atoms with van der Waals surface area (Å²) in [6.07, 6.45) is 11.4. The molecule has 1 rings (SSSR count). The highest BCUT2D eigenvalue weighted by atomic mass is 16.6. The summed E-state index contributed by atoms with van der Waals surface area (Å²) in [5, 5.41) is 9.01. The third kappa shape index (κ3) is 6.40. The molecule has 0 aromatic carbocycles. The lowest BCUT2D eigenvalue weighted by Gasteiger charge is -2.13. The average molecular weight is 284 g/mol. The van der Waals surface area contributed by atoms with Gasteiger partial charge in [0.05, 0.1) is 6.42 Å².